The van der Waals surface area contributed by atoms with Crippen LogP contribution in [0.3, 0.4) is 0 Å². The zero-order chi connectivity index (χ0) is 31.3. The zero-order valence-electron chi connectivity index (χ0n) is 25.5. The molecule has 0 amide bonds. The Labute approximate surface area is 267 Å². The minimum absolute atomic E-state index is 0.0443. The molecular weight excluding hydrogens is 574 g/mol. The van der Waals surface area contributed by atoms with Crippen molar-refractivity contribution in [2.45, 2.75) is 0 Å². The Bertz CT molecular complexity index is 2080. The Morgan fingerprint density at radius 3 is 1.74 bits per heavy atom. The van der Waals surface area contributed by atoms with E-state index >= 15 is 0 Å². The van der Waals surface area contributed by atoms with Gasteiger partial charge in [-0.1, -0.05) is 66.7 Å². The minimum atomic E-state index is 0.0443. The molecule has 46 heavy (non-hydrogen) atoms. The lowest BCUT2D eigenvalue weighted by Gasteiger charge is -2.22. The zero-order valence-corrected chi connectivity index (χ0v) is 25.5. The Morgan fingerprint density at radius 2 is 1.11 bits per heavy atom. The number of benzene rings is 4. The monoisotopic (exact) mass is 605 g/mol. The van der Waals surface area contributed by atoms with Crippen LogP contribution in [0.5, 0.6) is 11.5 Å². The van der Waals surface area contributed by atoms with Gasteiger partial charge in [0.2, 0.25) is 0 Å². The molecule has 0 bridgehead atoms. The molecule has 0 atom stereocenters. The van der Waals surface area contributed by atoms with Gasteiger partial charge >= 0.3 is 0 Å². The van der Waals surface area contributed by atoms with E-state index in [1.165, 1.54) is 0 Å². The summed E-state index contributed by atoms with van der Waals surface area (Å²) in [4.78, 5) is 14.2. The summed E-state index contributed by atoms with van der Waals surface area (Å²) in [6.07, 6.45) is 3.54. The van der Waals surface area contributed by atoms with Gasteiger partial charge in [0.15, 0.2) is 13.6 Å². The van der Waals surface area contributed by atoms with E-state index in [1.807, 2.05) is 78.9 Å². The van der Waals surface area contributed by atoms with E-state index in [-0.39, 0.29) is 13.6 Å². The SMILES string of the molecule is COCOc1ccc2ccccc2c1-c1c(OCOC)c(-c2cc(-c3ccccn3)nc(-c3ccccn3)c2)cc2ccccc12. The maximum atomic E-state index is 6.57. The molecule has 3 aromatic heterocycles. The van der Waals surface area contributed by atoms with E-state index in [0.717, 1.165) is 66.6 Å². The molecule has 0 unspecified atom stereocenters. The summed E-state index contributed by atoms with van der Waals surface area (Å²) in [6, 6.07) is 38.5. The molecule has 0 radical (unpaired) electrons. The molecule has 7 aromatic rings. The fourth-order valence-corrected chi connectivity index (χ4v) is 5.79. The fourth-order valence-electron chi connectivity index (χ4n) is 5.79. The van der Waals surface area contributed by atoms with Crippen molar-refractivity contribution in [3.05, 3.63) is 128 Å². The highest BCUT2D eigenvalue weighted by Crippen LogP contribution is 2.50. The summed E-state index contributed by atoms with van der Waals surface area (Å²) < 4.78 is 23.6. The lowest BCUT2D eigenvalue weighted by atomic mass is 9.88. The number of rotatable bonds is 10. The lowest BCUT2D eigenvalue weighted by Crippen LogP contribution is -2.05. The fraction of sp³-hybridized carbons (Fsp3) is 0.103. The number of fused-ring (bicyclic) bond motifs is 2. The predicted molar refractivity (Wildman–Crippen MR) is 182 cm³/mol. The largest absolute Gasteiger partial charge is 0.467 e. The van der Waals surface area contributed by atoms with E-state index in [1.54, 1.807) is 26.6 Å². The van der Waals surface area contributed by atoms with Gasteiger partial charge < -0.3 is 18.9 Å². The molecule has 0 aliphatic carbocycles. The van der Waals surface area contributed by atoms with Crippen LogP contribution in [0, 0.1) is 0 Å². The van der Waals surface area contributed by atoms with Crippen molar-refractivity contribution in [2.24, 2.45) is 0 Å². The molecule has 0 saturated heterocycles. The molecule has 4 aromatic carbocycles. The van der Waals surface area contributed by atoms with E-state index < -0.39 is 0 Å². The van der Waals surface area contributed by atoms with Crippen molar-refractivity contribution in [1.82, 2.24) is 15.0 Å². The van der Waals surface area contributed by atoms with Gasteiger partial charge in [-0.15, -0.1) is 0 Å². The molecule has 0 spiro atoms. The summed E-state index contributed by atoms with van der Waals surface area (Å²) in [7, 11) is 3.24. The van der Waals surface area contributed by atoms with E-state index in [0.29, 0.717) is 11.5 Å². The molecular formula is C39H31N3O4. The second-order valence-corrected chi connectivity index (χ2v) is 10.7. The highest BCUT2D eigenvalue weighted by molar-refractivity contribution is 6.12. The topological polar surface area (TPSA) is 75.6 Å². The van der Waals surface area contributed by atoms with Crippen LogP contribution >= 0.6 is 0 Å². The first-order chi connectivity index (χ1) is 22.7. The molecule has 0 saturated carbocycles. The summed E-state index contributed by atoms with van der Waals surface area (Å²) in [5, 5.41) is 4.16. The van der Waals surface area contributed by atoms with Crippen molar-refractivity contribution >= 4 is 21.5 Å². The highest BCUT2D eigenvalue weighted by Gasteiger charge is 2.24. The van der Waals surface area contributed by atoms with Crippen molar-refractivity contribution in [2.75, 3.05) is 27.8 Å². The summed E-state index contributed by atoms with van der Waals surface area (Å²) in [5.41, 5.74) is 6.52. The van der Waals surface area contributed by atoms with Crippen molar-refractivity contribution < 1.29 is 18.9 Å². The Balaban J connectivity index is 1.59. The maximum absolute atomic E-state index is 6.57. The Morgan fingerprint density at radius 1 is 0.522 bits per heavy atom. The molecule has 0 aliphatic rings. The van der Waals surface area contributed by atoms with Crippen LogP contribution in [0.15, 0.2) is 128 Å². The van der Waals surface area contributed by atoms with Crippen molar-refractivity contribution in [1.29, 1.82) is 0 Å². The molecule has 0 fully saturated rings. The average Bonchev–Trinajstić information content (AvgIpc) is 3.13. The number of hydrogen-bond donors (Lipinski definition) is 0. The van der Waals surface area contributed by atoms with Crippen LogP contribution in [0.25, 0.3) is 66.6 Å². The van der Waals surface area contributed by atoms with Gasteiger partial charge in [0.05, 0.1) is 22.8 Å². The number of hydrogen-bond acceptors (Lipinski definition) is 7. The number of pyridine rings is 3. The molecule has 226 valence electrons. The van der Waals surface area contributed by atoms with E-state index in [9.17, 15) is 0 Å². The van der Waals surface area contributed by atoms with Gasteiger partial charge in [0, 0.05) is 43.3 Å². The Kier molecular flexibility index (Phi) is 8.32. The first kappa shape index (κ1) is 29.1. The van der Waals surface area contributed by atoms with Crippen molar-refractivity contribution in [3.63, 3.8) is 0 Å². The smallest absolute Gasteiger partial charge is 0.188 e. The molecule has 7 nitrogen and oxygen atoms in total. The second kappa shape index (κ2) is 13.2. The van der Waals surface area contributed by atoms with Gasteiger partial charge in [-0.2, -0.15) is 0 Å². The predicted octanol–water partition coefficient (Wildman–Crippen LogP) is 8.81. The quantitative estimate of drug-likeness (QED) is 0.144. The van der Waals surface area contributed by atoms with E-state index in [2.05, 4.69) is 46.4 Å². The minimum Gasteiger partial charge on any atom is -0.467 e. The molecule has 7 heteroatoms. The summed E-state index contributed by atoms with van der Waals surface area (Å²) in [5.74, 6) is 1.34. The van der Waals surface area contributed by atoms with Crippen LogP contribution in [0.2, 0.25) is 0 Å². The van der Waals surface area contributed by atoms with Gasteiger partial charge in [-0.25, -0.2) is 4.98 Å². The van der Waals surface area contributed by atoms with Crippen LogP contribution in [-0.4, -0.2) is 42.8 Å². The van der Waals surface area contributed by atoms with Crippen LogP contribution < -0.4 is 9.47 Å². The molecule has 3 heterocycles. The van der Waals surface area contributed by atoms with Gasteiger partial charge in [0.25, 0.3) is 0 Å². The van der Waals surface area contributed by atoms with Crippen LogP contribution in [0.4, 0.5) is 0 Å². The van der Waals surface area contributed by atoms with Crippen LogP contribution in [0.1, 0.15) is 0 Å². The number of methoxy groups -OCH3 is 2. The summed E-state index contributed by atoms with van der Waals surface area (Å²) >= 11 is 0. The average molecular weight is 606 g/mol. The van der Waals surface area contributed by atoms with Gasteiger partial charge in [-0.3, -0.25) is 9.97 Å². The van der Waals surface area contributed by atoms with Crippen LogP contribution in [-0.2, 0) is 9.47 Å². The standard InChI is InChI=1S/C39H31N3O4/c1-43-24-45-36-18-17-26-11-3-5-13-29(26)37(36)38-30-14-6-4-12-27(30)21-31(39(38)46-25-44-2)28-22-34(32-15-7-9-19-40-32)42-35(23-28)33-16-8-10-20-41-33/h3-23H,24-25H2,1-2H3. The first-order valence-corrected chi connectivity index (χ1v) is 14.9. The van der Waals surface area contributed by atoms with Gasteiger partial charge in [-0.05, 0) is 75.6 Å². The third-order valence-electron chi connectivity index (χ3n) is 7.79. The van der Waals surface area contributed by atoms with Crippen molar-refractivity contribution in [3.8, 4) is 56.5 Å². The summed E-state index contributed by atoms with van der Waals surface area (Å²) in [6.45, 7) is 0.144. The number of nitrogens with zero attached hydrogens (tertiary/aromatic N) is 3. The second-order valence-electron chi connectivity index (χ2n) is 10.7. The first-order valence-electron chi connectivity index (χ1n) is 14.9. The van der Waals surface area contributed by atoms with E-state index in [4.69, 9.17) is 23.9 Å². The number of aromatic nitrogens is 3. The third kappa shape index (κ3) is 5.65. The maximum Gasteiger partial charge on any atom is 0.188 e. The molecule has 7 rings (SSSR count). The number of ether oxygens (including phenoxy) is 4. The highest BCUT2D eigenvalue weighted by atomic mass is 16.7. The molecule has 0 aliphatic heterocycles. The molecule has 0 N–H and O–H groups in total. The normalized spacial score (nSPS) is 11.2. The Hall–Kier alpha value is -5.63. The van der Waals surface area contributed by atoms with Gasteiger partial charge in [0.1, 0.15) is 11.5 Å². The lowest BCUT2D eigenvalue weighted by molar-refractivity contribution is 0.0504. The third-order valence-corrected chi connectivity index (χ3v) is 7.79.